The number of nitrogens with one attached hydrogen (secondary N) is 1. The van der Waals surface area contributed by atoms with Gasteiger partial charge >= 0.3 is 5.97 Å². The summed E-state index contributed by atoms with van der Waals surface area (Å²) < 4.78 is 10.9. The Kier molecular flexibility index (Phi) is 5.93. The molecular formula is C15H18BrNO5. The third-order valence-corrected chi connectivity index (χ3v) is 3.98. The molecule has 7 heteroatoms. The standard InChI is InChI=1S/C15H18BrNO5/c1-9(18)17-11-7-13(19)21-12(8-16)14(11)22-15(20)10-5-3-2-4-6-10/h2-6,11-14,19H,7-8H2,1H3,(H,17,18). The Balaban J connectivity index is 2.15. The second kappa shape index (κ2) is 7.71. The number of carbonyl (C=O) groups is 2. The van der Waals surface area contributed by atoms with Crippen LogP contribution in [0.3, 0.4) is 0 Å². The van der Waals surface area contributed by atoms with Crippen LogP contribution in [-0.4, -0.2) is 46.9 Å². The Morgan fingerprint density at radius 2 is 2.09 bits per heavy atom. The van der Waals surface area contributed by atoms with Crippen LogP contribution in [0.5, 0.6) is 0 Å². The Hall–Kier alpha value is -1.44. The normalized spacial score (nSPS) is 28.0. The number of aliphatic hydroxyl groups is 1. The number of esters is 1. The zero-order valence-electron chi connectivity index (χ0n) is 12.1. The number of carbonyl (C=O) groups excluding carboxylic acids is 2. The molecule has 1 fully saturated rings. The van der Waals surface area contributed by atoms with Gasteiger partial charge in [0.05, 0.1) is 11.6 Å². The first-order chi connectivity index (χ1) is 10.5. The number of benzene rings is 1. The zero-order valence-corrected chi connectivity index (χ0v) is 13.7. The lowest BCUT2D eigenvalue weighted by molar-refractivity contribution is -0.201. The van der Waals surface area contributed by atoms with Crippen molar-refractivity contribution in [1.29, 1.82) is 0 Å². The van der Waals surface area contributed by atoms with E-state index < -0.39 is 30.5 Å². The lowest BCUT2D eigenvalue weighted by atomic mass is 9.99. The van der Waals surface area contributed by atoms with Crippen LogP contribution < -0.4 is 5.32 Å². The van der Waals surface area contributed by atoms with Gasteiger partial charge in [-0.3, -0.25) is 4.79 Å². The molecule has 0 spiro atoms. The minimum absolute atomic E-state index is 0.163. The molecule has 0 bridgehead atoms. The molecule has 1 aliphatic heterocycles. The molecular weight excluding hydrogens is 354 g/mol. The first kappa shape index (κ1) is 16.9. The van der Waals surface area contributed by atoms with E-state index in [1.54, 1.807) is 30.3 Å². The van der Waals surface area contributed by atoms with Crippen LogP contribution in [0.15, 0.2) is 30.3 Å². The highest BCUT2D eigenvalue weighted by molar-refractivity contribution is 9.09. The van der Waals surface area contributed by atoms with Gasteiger partial charge in [0.15, 0.2) is 6.29 Å². The summed E-state index contributed by atoms with van der Waals surface area (Å²) in [5.41, 5.74) is 0.420. The molecule has 2 N–H and O–H groups in total. The number of rotatable bonds is 4. The van der Waals surface area contributed by atoms with E-state index in [1.165, 1.54) is 6.92 Å². The largest absolute Gasteiger partial charge is 0.454 e. The van der Waals surface area contributed by atoms with Crippen molar-refractivity contribution in [3.05, 3.63) is 35.9 Å². The van der Waals surface area contributed by atoms with Crippen molar-refractivity contribution in [2.24, 2.45) is 0 Å². The SMILES string of the molecule is CC(=O)NC1CC(O)OC(CBr)C1OC(=O)c1ccccc1. The van der Waals surface area contributed by atoms with Gasteiger partial charge in [0.1, 0.15) is 12.2 Å². The fourth-order valence-corrected chi connectivity index (χ4v) is 2.92. The predicted molar refractivity (Wildman–Crippen MR) is 82.5 cm³/mol. The minimum Gasteiger partial charge on any atom is -0.454 e. The van der Waals surface area contributed by atoms with E-state index >= 15 is 0 Å². The van der Waals surface area contributed by atoms with Crippen molar-refractivity contribution in [2.75, 3.05) is 5.33 Å². The Morgan fingerprint density at radius 3 is 2.68 bits per heavy atom. The molecule has 1 aliphatic rings. The molecule has 1 aromatic rings. The lowest BCUT2D eigenvalue weighted by Gasteiger charge is -2.39. The summed E-state index contributed by atoms with van der Waals surface area (Å²) in [7, 11) is 0. The number of alkyl halides is 1. The molecule has 4 atom stereocenters. The number of ether oxygens (including phenoxy) is 2. The molecule has 22 heavy (non-hydrogen) atoms. The van der Waals surface area contributed by atoms with Gasteiger partial charge < -0.3 is 19.9 Å². The zero-order chi connectivity index (χ0) is 16.1. The Morgan fingerprint density at radius 1 is 1.41 bits per heavy atom. The van der Waals surface area contributed by atoms with E-state index in [2.05, 4.69) is 21.2 Å². The summed E-state index contributed by atoms with van der Waals surface area (Å²) in [6, 6.07) is 8.08. The third-order valence-electron chi connectivity index (χ3n) is 3.34. The second-order valence-electron chi connectivity index (χ2n) is 5.06. The summed E-state index contributed by atoms with van der Waals surface area (Å²) in [5, 5.41) is 12.8. The smallest absolute Gasteiger partial charge is 0.338 e. The average Bonchev–Trinajstić information content (AvgIpc) is 2.49. The maximum Gasteiger partial charge on any atom is 0.338 e. The molecule has 1 saturated heterocycles. The van der Waals surface area contributed by atoms with Crippen molar-refractivity contribution in [3.63, 3.8) is 0 Å². The van der Waals surface area contributed by atoms with Crippen LogP contribution in [-0.2, 0) is 14.3 Å². The highest BCUT2D eigenvalue weighted by atomic mass is 79.9. The summed E-state index contributed by atoms with van der Waals surface area (Å²) in [5.74, 6) is -0.750. The van der Waals surface area contributed by atoms with Gasteiger partial charge in [0.25, 0.3) is 0 Å². The number of amides is 1. The van der Waals surface area contributed by atoms with E-state index in [0.717, 1.165) is 0 Å². The van der Waals surface area contributed by atoms with Crippen LogP contribution in [0.1, 0.15) is 23.7 Å². The van der Waals surface area contributed by atoms with Crippen molar-refractivity contribution in [1.82, 2.24) is 5.32 Å². The predicted octanol–water partition coefficient (Wildman–Crippen LogP) is 1.22. The van der Waals surface area contributed by atoms with Gasteiger partial charge in [0, 0.05) is 18.7 Å². The number of aliphatic hydroxyl groups excluding tert-OH is 1. The number of hydrogen-bond donors (Lipinski definition) is 2. The van der Waals surface area contributed by atoms with Crippen molar-refractivity contribution >= 4 is 27.8 Å². The summed E-state index contributed by atoms with van der Waals surface area (Å²) in [6.45, 7) is 1.38. The third kappa shape index (κ3) is 4.28. The number of halogens is 1. The van der Waals surface area contributed by atoms with Crippen molar-refractivity contribution in [2.45, 2.75) is 37.9 Å². The van der Waals surface area contributed by atoms with Crippen LogP contribution in [0.4, 0.5) is 0 Å². The second-order valence-corrected chi connectivity index (χ2v) is 5.71. The number of hydrogen-bond acceptors (Lipinski definition) is 5. The molecule has 1 aromatic carbocycles. The highest BCUT2D eigenvalue weighted by Gasteiger charge is 2.41. The molecule has 2 rings (SSSR count). The van der Waals surface area contributed by atoms with Gasteiger partial charge in [-0.05, 0) is 12.1 Å². The van der Waals surface area contributed by atoms with Crippen LogP contribution in [0, 0.1) is 0 Å². The lowest BCUT2D eigenvalue weighted by Crippen LogP contribution is -2.57. The maximum atomic E-state index is 12.2. The molecule has 1 heterocycles. The quantitative estimate of drug-likeness (QED) is 0.613. The fraction of sp³-hybridized carbons (Fsp3) is 0.467. The van der Waals surface area contributed by atoms with Gasteiger partial charge in [-0.1, -0.05) is 34.1 Å². The monoisotopic (exact) mass is 371 g/mol. The average molecular weight is 372 g/mol. The topological polar surface area (TPSA) is 84.9 Å². The molecule has 0 aliphatic carbocycles. The van der Waals surface area contributed by atoms with Crippen LogP contribution in [0.2, 0.25) is 0 Å². The maximum absolute atomic E-state index is 12.2. The van der Waals surface area contributed by atoms with Gasteiger partial charge in [-0.2, -0.15) is 0 Å². The Labute approximate surface area is 136 Å². The van der Waals surface area contributed by atoms with Crippen LogP contribution in [0.25, 0.3) is 0 Å². The molecule has 120 valence electrons. The van der Waals surface area contributed by atoms with Crippen molar-refractivity contribution in [3.8, 4) is 0 Å². The van der Waals surface area contributed by atoms with Crippen LogP contribution >= 0.6 is 15.9 Å². The molecule has 6 nitrogen and oxygen atoms in total. The van der Waals surface area contributed by atoms with E-state index in [1.807, 2.05) is 0 Å². The molecule has 0 saturated carbocycles. The molecule has 0 aromatic heterocycles. The van der Waals surface area contributed by atoms with E-state index in [-0.39, 0.29) is 12.3 Å². The molecule has 4 unspecified atom stereocenters. The summed E-state index contributed by atoms with van der Waals surface area (Å²) in [6.07, 6.45) is -2.07. The van der Waals surface area contributed by atoms with Crippen molar-refractivity contribution < 1.29 is 24.2 Å². The highest BCUT2D eigenvalue weighted by Crippen LogP contribution is 2.24. The minimum atomic E-state index is -1.01. The van der Waals surface area contributed by atoms with E-state index in [9.17, 15) is 14.7 Å². The first-order valence-electron chi connectivity index (χ1n) is 6.94. The fourth-order valence-electron chi connectivity index (χ4n) is 2.40. The van der Waals surface area contributed by atoms with E-state index in [0.29, 0.717) is 10.9 Å². The Bertz CT molecular complexity index is 524. The molecule has 1 amide bonds. The van der Waals surface area contributed by atoms with Gasteiger partial charge in [-0.15, -0.1) is 0 Å². The summed E-state index contributed by atoms with van der Waals surface area (Å²) in [4.78, 5) is 23.5. The first-order valence-corrected chi connectivity index (χ1v) is 8.06. The van der Waals surface area contributed by atoms with Gasteiger partial charge in [-0.25, -0.2) is 4.79 Å². The summed E-state index contributed by atoms with van der Waals surface area (Å²) >= 11 is 3.28. The molecule has 0 radical (unpaired) electrons. The van der Waals surface area contributed by atoms with E-state index in [4.69, 9.17) is 9.47 Å². The van der Waals surface area contributed by atoms with Gasteiger partial charge in [0.2, 0.25) is 5.91 Å².